The lowest BCUT2D eigenvalue weighted by atomic mass is 10.2. The van der Waals surface area contributed by atoms with E-state index < -0.39 is 0 Å². The molecule has 0 saturated carbocycles. The van der Waals surface area contributed by atoms with Crippen molar-refractivity contribution in [3.8, 4) is 0 Å². The number of hydrogen-bond acceptors (Lipinski definition) is 2. The molecule has 1 heterocycles. The molecule has 1 N–H and O–H groups in total. The first kappa shape index (κ1) is 17.8. The van der Waals surface area contributed by atoms with Gasteiger partial charge in [-0.25, -0.2) is 0 Å². The van der Waals surface area contributed by atoms with Gasteiger partial charge in [-0.15, -0.1) is 24.0 Å². The fourth-order valence-corrected chi connectivity index (χ4v) is 2.16. The minimum atomic E-state index is 0. The Morgan fingerprint density at radius 2 is 2.14 bits per heavy atom. The second-order valence-electron chi connectivity index (χ2n) is 4.47. The average Bonchev–Trinajstić information content (AvgIpc) is 2.92. The van der Waals surface area contributed by atoms with Crippen molar-refractivity contribution in [1.82, 2.24) is 10.2 Å². The molecule has 0 amide bonds. The Kier molecular flexibility index (Phi) is 7.60. The zero-order valence-electron chi connectivity index (χ0n) is 12.0. The van der Waals surface area contributed by atoms with Crippen molar-refractivity contribution in [3.63, 3.8) is 0 Å². The standard InChI is InChI=1S/C15H18ClN3O.HI/c1-17-15(18-10-14-7-4-8-20-14)19(2)11-12-5-3-6-13(16)9-12;/h3-9H,10-11H2,1-2H3,(H,17,18);1H. The monoisotopic (exact) mass is 419 g/mol. The summed E-state index contributed by atoms with van der Waals surface area (Å²) in [4.78, 5) is 6.30. The predicted octanol–water partition coefficient (Wildman–Crippen LogP) is 3.76. The minimum absolute atomic E-state index is 0. The topological polar surface area (TPSA) is 40.8 Å². The van der Waals surface area contributed by atoms with Crippen LogP contribution in [0.2, 0.25) is 5.02 Å². The number of guanidine groups is 1. The highest BCUT2D eigenvalue weighted by Gasteiger charge is 2.07. The molecule has 0 saturated heterocycles. The van der Waals surface area contributed by atoms with E-state index in [-0.39, 0.29) is 24.0 Å². The summed E-state index contributed by atoms with van der Waals surface area (Å²) >= 11 is 5.99. The normalized spacial score (nSPS) is 10.9. The molecule has 1 aromatic heterocycles. The summed E-state index contributed by atoms with van der Waals surface area (Å²) in [6, 6.07) is 11.6. The average molecular weight is 420 g/mol. The number of rotatable bonds is 4. The maximum absolute atomic E-state index is 5.99. The fraction of sp³-hybridized carbons (Fsp3) is 0.267. The van der Waals surface area contributed by atoms with E-state index in [0.717, 1.165) is 28.9 Å². The van der Waals surface area contributed by atoms with Crippen LogP contribution in [0.3, 0.4) is 0 Å². The van der Waals surface area contributed by atoms with Crippen molar-refractivity contribution in [2.24, 2.45) is 4.99 Å². The Morgan fingerprint density at radius 3 is 2.76 bits per heavy atom. The molecule has 2 aromatic rings. The van der Waals surface area contributed by atoms with Crippen LogP contribution >= 0.6 is 35.6 Å². The van der Waals surface area contributed by atoms with Crippen molar-refractivity contribution in [1.29, 1.82) is 0 Å². The largest absolute Gasteiger partial charge is 0.467 e. The van der Waals surface area contributed by atoms with E-state index in [4.69, 9.17) is 16.0 Å². The predicted molar refractivity (Wildman–Crippen MR) is 97.2 cm³/mol. The number of benzene rings is 1. The molecule has 6 heteroatoms. The fourth-order valence-electron chi connectivity index (χ4n) is 1.95. The van der Waals surface area contributed by atoms with Gasteiger partial charge in [-0.1, -0.05) is 23.7 Å². The van der Waals surface area contributed by atoms with Crippen LogP contribution in [0.5, 0.6) is 0 Å². The molecule has 0 aliphatic rings. The third kappa shape index (κ3) is 5.59. The molecule has 1 aromatic carbocycles. The molecule has 0 unspecified atom stereocenters. The molecule has 0 atom stereocenters. The Labute approximate surface area is 147 Å². The lowest BCUT2D eigenvalue weighted by Crippen LogP contribution is -2.37. The summed E-state index contributed by atoms with van der Waals surface area (Å²) in [5.41, 5.74) is 1.14. The number of furan rings is 1. The summed E-state index contributed by atoms with van der Waals surface area (Å²) in [6.07, 6.45) is 1.66. The lowest BCUT2D eigenvalue weighted by molar-refractivity contribution is 0.459. The van der Waals surface area contributed by atoms with Gasteiger partial charge in [0.15, 0.2) is 5.96 Å². The van der Waals surface area contributed by atoms with E-state index in [1.54, 1.807) is 13.3 Å². The molecule has 4 nitrogen and oxygen atoms in total. The Bertz CT molecular complexity index is 572. The van der Waals surface area contributed by atoms with Crippen LogP contribution in [0, 0.1) is 0 Å². The molecule has 0 radical (unpaired) electrons. The quantitative estimate of drug-likeness (QED) is 0.466. The van der Waals surface area contributed by atoms with Crippen LogP contribution in [0.25, 0.3) is 0 Å². The summed E-state index contributed by atoms with van der Waals surface area (Å²) in [7, 11) is 3.75. The molecule has 21 heavy (non-hydrogen) atoms. The number of aliphatic imine (C=N–C) groups is 1. The molecule has 0 aliphatic carbocycles. The van der Waals surface area contributed by atoms with Crippen LogP contribution in [-0.2, 0) is 13.1 Å². The summed E-state index contributed by atoms with van der Waals surface area (Å²) in [6.45, 7) is 1.35. The summed E-state index contributed by atoms with van der Waals surface area (Å²) < 4.78 is 5.29. The van der Waals surface area contributed by atoms with Gasteiger partial charge in [0.1, 0.15) is 5.76 Å². The molecule has 0 bridgehead atoms. The molecular weight excluding hydrogens is 401 g/mol. The van der Waals surface area contributed by atoms with Crippen LogP contribution < -0.4 is 5.32 Å². The Hall–Kier alpha value is -1.21. The zero-order chi connectivity index (χ0) is 14.4. The van der Waals surface area contributed by atoms with Gasteiger partial charge < -0.3 is 14.6 Å². The van der Waals surface area contributed by atoms with E-state index in [0.29, 0.717) is 6.54 Å². The first-order chi connectivity index (χ1) is 9.69. The summed E-state index contributed by atoms with van der Waals surface area (Å²) in [5, 5.41) is 4.00. The molecule has 0 fully saturated rings. The van der Waals surface area contributed by atoms with Gasteiger partial charge in [-0.3, -0.25) is 4.99 Å². The second-order valence-corrected chi connectivity index (χ2v) is 4.90. The number of hydrogen-bond donors (Lipinski definition) is 1. The Balaban J connectivity index is 0.00000220. The zero-order valence-corrected chi connectivity index (χ0v) is 15.1. The first-order valence-electron chi connectivity index (χ1n) is 6.37. The van der Waals surface area contributed by atoms with Gasteiger partial charge in [-0.05, 0) is 29.8 Å². The van der Waals surface area contributed by atoms with Crippen LogP contribution in [0.1, 0.15) is 11.3 Å². The molecular formula is C15H19ClIN3O. The van der Waals surface area contributed by atoms with Gasteiger partial charge >= 0.3 is 0 Å². The highest BCUT2D eigenvalue weighted by molar-refractivity contribution is 14.0. The van der Waals surface area contributed by atoms with Gasteiger partial charge in [0.05, 0.1) is 12.8 Å². The molecule has 0 spiro atoms. The molecule has 0 aliphatic heterocycles. The van der Waals surface area contributed by atoms with Crippen molar-refractivity contribution in [2.75, 3.05) is 14.1 Å². The van der Waals surface area contributed by atoms with E-state index in [2.05, 4.69) is 10.3 Å². The summed E-state index contributed by atoms with van der Waals surface area (Å²) in [5.74, 6) is 1.68. The van der Waals surface area contributed by atoms with E-state index >= 15 is 0 Å². The molecule has 114 valence electrons. The van der Waals surface area contributed by atoms with Gasteiger partial charge in [0.25, 0.3) is 0 Å². The number of nitrogens with zero attached hydrogens (tertiary/aromatic N) is 2. The van der Waals surface area contributed by atoms with Crippen molar-refractivity contribution >= 4 is 41.5 Å². The van der Waals surface area contributed by atoms with Crippen LogP contribution in [0.15, 0.2) is 52.1 Å². The third-order valence-corrected chi connectivity index (χ3v) is 3.12. The first-order valence-corrected chi connectivity index (χ1v) is 6.75. The van der Waals surface area contributed by atoms with Crippen LogP contribution in [-0.4, -0.2) is 25.0 Å². The van der Waals surface area contributed by atoms with Crippen molar-refractivity contribution in [2.45, 2.75) is 13.1 Å². The number of halogens is 2. The van der Waals surface area contributed by atoms with E-state index in [1.807, 2.05) is 48.3 Å². The van der Waals surface area contributed by atoms with Gasteiger partial charge in [0.2, 0.25) is 0 Å². The van der Waals surface area contributed by atoms with Crippen LogP contribution in [0.4, 0.5) is 0 Å². The highest BCUT2D eigenvalue weighted by Crippen LogP contribution is 2.12. The SMILES string of the molecule is CN=C(NCc1ccco1)N(C)Cc1cccc(Cl)c1.I. The van der Waals surface area contributed by atoms with Gasteiger partial charge in [-0.2, -0.15) is 0 Å². The van der Waals surface area contributed by atoms with Crippen molar-refractivity contribution in [3.05, 3.63) is 59.0 Å². The number of nitrogens with one attached hydrogen (secondary N) is 1. The third-order valence-electron chi connectivity index (χ3n) is 2.88. The van der Waals surface area contributed by atoms with E-state index in [1.165, 1.54) is 0 Å². The van der Waals surface area contributed by atoms with Gasteiger partial charge in [0, 0.05) is 25.7 Å². The smallest absolute Gasteiger partial charge is 0.194 e. The van der Waals surface area contributed by atoms with E-state index in [9.17, 15) is 0 Å². The lowest BCUT2D eigenvalue weighted by Gasteiger charge is -2.21. The maximum Gasteiger partial charge on any atom is 0.194 e. The maximum atomic E-state index is 5.99. The minimum Gasteiger partial charge on any atom is -0.467 e. The van der Waals surface area contributed by atoms with Crippen molar-refractivity contribution < 1.29 is 4.42 Å². The Morgan fingerprint density at radius 1 is 1.33 bits per heavy atom. The second kappa shape index (κ2) is 8.94. The highest BCUT2D eigenvalue weighted by atomic mass is 127. The molecule has 2 rings (SSSR count).